The van der Waals surface area contributed by atoms with Gasteiger partial charge in [0.05, 0.1) is 11.1 Å². The standard InChI is InChI=1S/C17H15ClN2O2S/c1-23(22)10-12-9-13(5-6-15(12)18)20-17(21)14-4-2-3-11-7-8-19-16(11)14/h2-9,19H,10H2,1H3,(H,20,21)/t23-/m1/s1. The van der Waals surface area contributed by atoms with Crippen LogP contribution in [0.1, 0.15) is 15.9 Å². The Morgan fingerprint density at radius 3 is 2.87 bits per heavy atom. The molecule has 118 valence electrons. The van der Waals surface area contributed by atoms with Crippen molar-refractivity contribution in [1.82, 2.24) is 4.98 Å². The number of nitrogens with one attached hydrogen (secondary N) is 2. The fourth-order valence-electron chi connectivity index (χ4n) is 2.45. The Hall–Kier alpha value is -2.11. The number of hydrogen-bond donors (Lipinski definition) is 2. The van der Waals surface area contributed by atoms with E-state index in [4.69, 9.17) is 11.6 Å². The zero-order valence-electron chi connectivity index (χ0n) is 12.4. The fourth-order valence-corrected chi connectivity index (χ4v) is 3.40. The second-order valence-corrected chi connectivity index (χ2v) is 7.07. The van der Waals surface area contributed by atoms with Gasteiger partial charge in [0.25, 0.3) is 5.91 Å². The van der Waals surface area contributed by atoms with Crippen molar-refractivity contribution in [2.24, 2.45) is 0 Å². The Labute approximate surface area is 141 Å². The lowest BCUT2D eigenvalue weighted by atomic mass is 10.1. The van der Waals surface area contributed by atoms with Crippen molar-refractivity contribution in [2.45, 2.75) is 5.75 Å². The van der Waals surface area contributed by atoms with Crippen molar-refractivity contribution in [2.75, 3.05) is 11.6 Å². The molecule has 0 fully saturated rings. The van der Waals surface area contributed by atoms with Crippen LogP contribution in [0.15, 0.2) is 48.7 Å². The topological polar surface area (TPSA) is 62.0 Å². The third-order valence-corrected chi connectivity index (χ3v) is 4.58. The molecule has 4 nitrogen and oxygen atoms in total. The molecular weight excluding hydrogens is 332 g/mol. The lowest BCUT2D eigenvalue weighted by Gasteiger charge is -2.09. The van der Waals surface area contributed by atoms with Crippen LogP contribution in [0.25, 0.3) is 10.9 Å². The van der Waals surface area contributed by atoms with Gasteiger partial charge in [-0.05, 0) is 35.9 Å². The summed E-state index contributed by atoms with van der Waals surface area (Å²) in [5.74, 6) is 0.151. The van der Waals surface area contributed by atoms with Gasteiger partial charge in [0.15, 0.2) is 0 Å². The van der Waals surface area contributed by atoms with Gasteiger partial charge in [-0.3, -0.25) is 9.00 Å². The first-order valence-corrected chi connectivity index (χ1v) is 9.11. The van der Waals surface area contributed by atoms with Gasteiger partial charge in [0, 0.05) is 45.1 Å². The van der Waals surface area contributed by atoms with E-state index in [0.717, 1.165) is 16.5 Å². The van der Waals surface area contributed by atoms with Crippen molar-refractivity contribution in [3.05, 3.63) is 64.8 Å². The van der Waals surface area contributed by atoms with E-state index in [-0.39, 0.29) is 5.91 Å². The number of fused-ring (bicyclic) bond motifs is 1. The number of anilines is 1. The quantitative estimate of drug-likeness (QED) is 0.751. The van der Waals surface area contributed by atoms with Crippen LogP contribution in [0.3, 0.4) is 0 Å². The molecule has 1 aromatic heterocycles. The number of rotatable bonds is 4. The van der Waals surface area contributed by atoms with Crippen molar-refractivity contribution in [3.8, 4) is 0 Å². The van der Waals surface area contributed by atoms with Crippen LogP contribution in [-0.2, 0) is 16.6 Å². The monoisotopic (exact) mass is 346 g/mol. The van der Waals surface area contributed by atoms with Gasteiger partial charge in [0.1, 0.15) is 0 Å². The summed E-state index contributed by atoms with van der Waals surface area (Å²) in [5, 5.41) is 4.39. The first-order valence-electron chi connectivity index (χ1n) is 7.00. The van der Waals surface area contributed by atoms with E-state index < -0.39 is 10.8 Å². The number of para-hydroxylation sites is 1. The van der Waals surface area contributed by atoms with Crippen molar-refractivity contribution in [1.29, 1.82) is 0 Å². The maximum atomic E-state index is 12.5. The van der Waals surface area contributed by atoms with E-state index in [1.54, 1.807) is 36.7 Å². The van der Waals surface area contributed by atoms with Crippen LogP contribution in [0.5, 0.6) is 0 Å². The van der Waals surface area contributed by atoms with Gasteiger partial charge in [-0.15, -0.1) is 0 Å². The summed E-state index contributed by atoms with van der Waals surface area (Å²) >= 11 is 6.11. The number of carbonyl (C=O) groups is 1. The molecule has 0 aliphatic heterocycles. The van der Waals surface area contributed by atoms with Gasteiger partial charge < -0.3 is 10.3 Å². The molecule has 0 aliphatic carbocycles. The SMILES string of the molecule is C[S@@](=O)Cc1cc(NC(=O)c2cccc3cc[nH]c23)ccc1Cl. The Morgan fingerprint density at radius 2 is 2.09 bits per heavy atom. The summed E-state index contributed by atoms with van der Waals surface area (Å²) < 4.78 is 11.4. The molecular formula is C17H15ClN2O2S. The molecule has 6 heteroatoms. The molecule has 1 heterocycles. The molecule has 2 N–H and O–H groups in total. The molecule has 0 radical (unpaired) electrons. The van der Waals surface area contributed by atoms with E-state index in [0.29, 0.717) is 22.0 Å². The Bertz CT molecular complexity index is 904. The summed E-state index contributed by atoms with van der Waals surface area (Å²) in [6.07, 6.45) is 3.42. The molecule has 1 atom stereocenters. The lowest BCUT2D eigenvalue weighted by molar-refractivity contribution is 0.102. The Balaban J connectivity index is 1.88. The zero-order valence-corrected chi connectivity index (χ0v) is 14.0. The van der Waals surface area contributed by atoms with Crippen molar-refractivity contribution < 1.29 is 9.00 Å². The molecule has 0 unspecified atom stereocenters. The number of H-pyrrole nitrogens is 1. The highest BCUT2D eigenvalue weighted by atomic mass is 35.5. The van der Waals surface area contributed by atoms with E-state index in [2.05, 4.69) is 10.3 Å². The molecule has 0 spiro atoms. The molecule has 0 saturated heterocycles. The third kappa shape index (κ3) is 3.46. The molecule has 0 aliphatic rings. The number of aromatic nitrogens is 1. The average molecular weight is 347 g/mol. The summed E-state index contributed by atoms with van der Waals surface area (Å²) in [7, 11) is -0.999. The normalized spacial score (nSPS) is 12.3. The average Bonchev–Trinajstić information content (AvgIpc) is 2.98. The van der Waals surface area contributed by atoms with Crippen molar-refractivity contribution in [3.63, 3.8) is 0 Å². The minimum atomic E-state index is -0.999. The largest absolute Gasteiger partial charge is 0.361 e. The van der Waals surface area contributed by atoms with Crippen LogP contribution in [0.2, 0.25) is 5.02 Å². The number of aromatic amines is 1. The number of halogens is 1. The smallest absolute Gasteiger partial charge is 0.257 e. The maximum absolute atomic E-state index is 12.5. The molecule has 0 bridgehead atoms. The zero-order chi connectivity index (χ0) is 16.4. The predicted octanol–water partition coefficient (Wildman–Crippen LogP) is 3.95. The van der Waals surface area contributed by atoms with Crippen LogP contribution >= 0.6 is 11.6 Å². The number of carbonyl (C=O) groups excluding carboxylic acids is 1. The molecule has 2 aromatic carbocycles. The first-order chi connectivity index (χ1) is 11.0. The Morgan fingerprint density at radius 1 is 1.26 bits per heavy atom. The number of benzene rings is 2. The second-order valence-electron chi connectivity index (χ2n) is 5.23. The van der Waals surface area contributed by atoms with Gasteiger partial charge >= 0.3 is 0 Å². The summed E-state index contributed by atoms with van der Waals surface area (Å²) in [6.45, 7) is 0. The van der Waals surface area contributed by atoms with E-state index in [1.807, 2.05) is 18.2 Å². The highest BCUT2D eigenvalue weighted by molar-refractivity contribution is 7.83. The molecule has 3 aromatic rings. The minimum absolute atomic E-state index is 0.205. The third-order valence-electron chi connectivity index (χ3n) is 3.49. The predicted molar refractivity (Wildman–Crippen MR) is 95.5 cm³/mol. The van der Waals surface area contributed by atoms with Gasteiger partial charge in [0.2, 0.25) is 0 Å². The Kier molecular flexibility index (Phi) is 4.50. The van der Waals surface area contributed by atoms with E-state index in [1.165, 1.54) is 0 Å². The van der Waals surface area contributed by atoms with Crippen LogP contribution in [0.4, 0.5) is 5.69 Å². The van der Waals surface area contributed by atoms with Gasteiger partial charge in [-0.25, -0.2) is 0 Å². The van der Waals surface area contributed by atoms with Crippen LogP contribution in [-0.4, -0.2) is 21.4 Å². The van der Waals surface area contributed by atoms with Crippen molar-refractivity contribution >= 4 is 44.9 Å². The molecule has 23 heavy (non-hydrogen) atoms. The summed E-state index contributed by atoms with van der Waals surface area (Å²) in [4.78, 5) is 15.6. The van der Waals surface area contributed by atoms with E-state index >= 15 is 0 Å². The molecule has 3 rings (SSSR count). The van der Waals surface area contributed by atoms with Crippen LogP contribution < -0.4 is 5.32 Å². The fraction of sp³-hybridized carbons (Fsp3) is 0.118. The van der Waals surface area contributed by atoms with Gasteiger partial charge in [-0.1, -0.05) is 23.7 Å². The number of amides is 1. The van der Waals surface area contributed by atoms with E-state index in [9.17, 15) is 9.00 Å². The highest BCUT2D eigenvalue weighted by Crippen LogP contribution is 2.23. The van der Waals surface area contributed by atoms with Crippen LogP contribution in [0, 0.1) is 0 Å². The highest BCUT2D eigenvalue weighted by Gasteiger charge is 2.12. The van der Waals surface area contributed by atoms with Gasteiger partial charge in [-0.2, -0.15) is 0 Å². The second kappa shape index (κ2) is 6.56. The summed E-state index contributed by atoms with van der Waals surface area (Å²) in [6, 6.07) is 12.7. The first kappa shape index (κ1) is 15.8. The summed E-state index contributed by atoms with van der Waals surface area (Å²) in [5.41, 5.74) is 2.75. The molecule has 0 saturated carbocycles. The number of hydrogen-bond acceptors (Lipinski definition) is 2. The minimum Gasteiger partial charge on any atom is -0.361 e. The molecule has 1 amide bonds. The lowest BCUT2D eigenvalue weighted by Crippen LogP contribution is -2.12. The maximum Gasteiger partial charge on any atom is 0.257 e.